The van der Waals surface area contributed by atoms with Crippen LogP contribution in [-0.2, 0) is 6.54 Å². The highest BCUT2D eigenvalue weighted by Gasteiger charge is 2.24. The van der Waals surface area contributed by atoms with Gasteiger partial charge < -0.3 is 4.90 Å². The Labute approximate surface area is 150 Å². The van der Waals surface area contributed by atoms with Gasteiger partial charge >= 0.3 is 0 Å². The number of piperazine rings is 1. The monoisotopic (exact) mass is 359 g/mol. The van der Waals surface area contributed by atoms with Gasteiger partial charge in [0.1, 0.15) is 5.02 Å². The number of nitrogens with zero attached hydrogens (tertiary/aromatic N) is 3. The Hall–Kier alpha value is -2.44. The van der Waals surface area contributed by atoms with E-state index in [-0.39, 0.29) is 16.6 Å². The molecule has 2 aromatic carbocycles. The standard InChI is InChI=1S/C18H18ClN3O3/c19-16-7-6-15(12-17(16)22(24)25)18(23)21-10-8-20(9-11-21)13-14-4-2-1-3-5-14/h1-7,12H,8-11,13H2. The summed E-state index contributed by atoms with van der Waals surface area (Å²) in [7, 11) is 0. The van der Waals surface area contributed by atoms with Gasteiger partial charge in [0.05, 0.1) is 4.92 Å². The van der Waals surface area contributed by atoms with Gasteiger partial charge in [0.2, 0.25) is 0 Å². The van der Waals surface area contributed by atoms with Crippen LogP contribution < -0.4 is 0 Å². The molecule has 0 aromatic heterocycles. The van der Waals surface area contributed by atoms with Crippen molar-refractivity contribution in [2.24, 2.45) is 0 Å². The van der Waals surface area contributed by atoms with Gasteiger partial charge in [0, 0.05) is 44.4 Å². The van der Waals surface area contributed by atoms with Crippen LogP contribution in [0.3, 0.4) is 0 Å². The smallest absolute Gasteiger partial charge is 0.288 e. The molecule has 0 unspecified atom stereocenters. The van der Waals surface area contributed by atoms with Crippen molar-refractivity contribution in [3.8, 4) is 0 Å². The maximum Gasteiger partial charge on any atom is 0.288 e. The van der Waals surface area contributed by atoms with Crippen molar-refractivity contribution < 1.29 is 9.72 Å². The highest BCUT2D eigenvalue weighted by atomic mass is 35.5. The van der Waals surface area contributed by atoms with E-state index in [0.29, 0.717) is 18.7 Å². The zero-order valence-electron chi connectivity index (χ0n) is 13.6. The molecule has 1 amide bonds. The summed E-state index contributed by atoms with van der Waals surface area (Å²) < 4.78 is 0. The number of nitro benzene ring substituents is 1. The first-order valence-electron chi connectivity index (χ1n) is 8.04. The fourth-order valence-electron chi connectivity index (χ4n) is 2.92. The maximum absolute atomic E-state index is 12.6. The van der Waals surface area contributed by atoms with Crippen molar-refractivity contribution in [1.29, 1.82) is 0 Å². The molecule has 2 aromatic rings. The molecule has 3 rings (SSSR count). The zero-order valence-corrected chi connectivity index (χ0v) is 14.4. The van der Waals surface area contributed by atoms with E-state index >= 15 is 0 Å². The van der Waals surface area contributed by atoms with Gasteiger partial charge in [-0.15, -0.1) is 0 Å². The predicted molar refractivity (Wildman–Crippen MR) is 95.7 cm³/mol. The molecule has 1 fully saturated rings. The summed E-state index contributed by atoms with van der Waals surface area (Å²) in [6, 6.07) is 14.4. The highest BCUT2D eigenvalue weighted by Crippen LogP contribution is 2.26. The maximum atomic E-state index is 12.6. The quantitative estimate of drug-likeness (QED) is 0.621. The van der Waals surface area contributed by atoms with Crippen LogP contribution in [0.5, 0.6) is 0 Å². The average molecular weight is 360 g/mol. The number of benzene rings is 2. The van der Waals surface area contributed by atoms with Crippen LogP contribution >= 0.6 is 11.6 Å². The number of hydrogen-bond acceptors (Lipinski definition) is 4. The number of amides is 1. The molecule has 1 aliphatic heterocycles. The van der Waals surface area contributed by atoms with E-state index in [9.17, 15) is 14.9 Å². The number of nitro groups is 1. The topological polar surface area (TPSA) is 66.7 Å². The first kappa shape index (κ1) is 17.4. The zero-order chi connectivity index (χ0) is 17.8. The first-order valence-corrected chi connectivity index (χ1v) is 8.42. The van der Waals surface area contributed by atoms with E-state index in [1.807, 2.05) is 18.2 Å². The van der Waals surface area contributed by atoms with Gasteiger partial charge in [0.15, 0.2) is 0 Å². The van der Waals surface area contributed by atoms with Gasteiger partial charge in [-0.05, 0) is 17.7 Å². The minimum Gasteiger partial charge on any atom is -0.336 e. The van der Waals surface area contributed by atoms with Crippen molar-refractivity contribution in [3.05, 3.63) is 74.8 Å². The molecule has 7 heteroatoms. The fraction of sp³-hybridized carbons (Fsp3) is 0.278. The summed E-state index contributed by atoms with van der Waals surface area (Å²) in [5.41, 5.74) is 1.30. The minimum absolute atomic E-state index is 0.0363. The van der Waals surface area contributed by atoms with E-state index in [0.717, 1.165) is 19.6 Å². The first-order chi connectivity index (χ1) is 12.0. The second-order valence-corrected chi connectivity index (χ2v) is 6.38. The van der Waals surface area contributed by atoms with E-state index in [2.05, 4.69) is 17.0 Å². The van der Waals surface area contributed by atoms with Crippen molar-refractivity contribution in [2.75, 3.05) is 26.2 Å². The lowest BCUT2D eigenvalue weighted by Gasteiger charge is -2.34. The van der Waals surface area contributed by atoms with Crippen LogP contribution in [-0.4, -0.2) is 46.8 Å². The van der Waals surface area contributed by atoms with Gasteiger partial charge in [0.25, 0.3) is 11.6 Å². The Kier molecular flexibility index (Phi) is 5.31. The van der Waals surface area contributed by atoms with Crippen LogP contribution in [0.15, 0.2) is 48.5 Å². The Morgan fingerprint density at radius 3 is 2.40 bits per heavy atom. The third kappa shape index (κ3) is 4.15. The van der Waals surface area contributed by atoms with Crippen LogP contribution in [0.2, 0.25) is 5.02 Å². The highest BCUT2D eigenvalue weighted by molar-refractivity contribution is 6.32. The SMILES string of the molecule is O=C(c1ccc(Cl)c([N+](=O)[O-])c1)N1CCN(Cc2ccccc2)CC1. The molecule has 25 heavy (non-hydrogen) atoms. The van der Waals surface area contributed by atoms with Crippen molar-refractivity contribution in [1.82, 2.24) is 9.80 Å². The molecule has 6 nitrogen and oxygen atoms in total. The molecule has 0 spiro atoms. The number of rotatable bonds is 4. The number of carbonyl (C=O) groups is 1. The molecule has 0 atom stereocenters. The van der Waals surface area contributed by atoms with Crippen LogP contribution in [0, 0.1) is 10.1 Å². The summed E-state index contributed by atoms with van der Waals surface area (Å²) in [6.45, 7) is 3.60. The summed E-state index contributed by atoms with van der Waals surface area (Å²) >= 11 is 5.80. The van der Waals surface area contributed by atoms with E-state index in [1.165, 1.54) is 23.8 Å². The van der Waals surface area contributed by atoms with Crippen molar-refractivity contribution in [3.63, 3.8) is 0 Å². The van der Waals surface area contributed by atoms with Crippen LogP contribution in [0.25, 0.3) is 0 Å². The van der Waals surface area contributed by atoms with Gasteiger partial charge in [-0.2, -0.15) is 0 Å². The molecular weight excluding hydrogens is 342 g/mol. The molecule has 1 aliphatic rings. The molecule has 1 saturated heterocycles. The molecule has 130 valence electrons. The van der Waals surface area contributed by atoms with Crippen LogP contribution in [0.1, 0.15) is 15.9 Å². The largest absolute Gasteiger partial charge is 0.336 e. The Bertz CT molecular complexity index is 774. The minimum atomic E-state index is -0.573. The molecule has 0 bridgehead atoms. The number of carbonyl (C=O) groups excluding carboxylic acids is 1. The van der Waals surface area contributed by atoms with E-state index < -0.39 is 4.92 Å². The molecule has 0 saturated carbocycles. The lowest BCUT2D eigenvalue weighted by Crippen LogP contribution is -2.48. The lowest BCUT2D eigenvalue weighted by molar-refractivity contribution is -0.384. The average Bonchev–Trinajstić information content (AvgIpc) is 2.63. The van der Waals surface area contributed by atoms with Gasteiger partial charge in [-0.25, -0.2) is 0 Å². The second kappa shape index (κ2) is 7.63. The summed E-state index contributed by atoms with van der Waals surface area (Å²) in [6.07, 6.45) is 0. The Morgan fingerprint density at radius 1 is 1.08 bits per heavy atom. The molecule has 0 aliphatic carbocycles. The number of halogens is 1. The van der Waals surface area contributed by atoms with E-state index in [4.69, 9.17) is 11.6 Å². The molecule has 0 N–H and O–H groups in total. The van der Waals surface area contributed by atoms with Crippen molar-refractivity contribution in [2.45, 2.75) is 6.54 Å². The van der Waals surface area contributed by atoms with Gasteiger partial charge in [-0.1, -0.05) is 41.9 Å². The number of hydrogen-bond donors (Lipinski definition) is 0. The summed E-state index contributed by atoms with van der Waals surface area (Å²) in [5.74, 6) is -0.195. The third-order valence-electron chi connectivity index (χ3n) is 4.30. The fourth-order valence-corrected chi connectivity index (χ4v) is 3.11. The van der Waals surface area contributed by atoms with Crippen molar-refractivity contribution >= 4 is 23.2 Å². The summed E-state index contributed by atoms with van der Waals surface area (Å²) in [5, 5.41) is 11.0. The molecule has 1 heterocycles. The molecular formula is C18H18ClN3O3. The third-order valence-corrected chi connectivity index (χ3v) is 4.62. The Morgan fingerprint density at radius 2 is 1.76 bits per heavy atom. The summed E-state index contributed by atoms with van der Waals surface area (Å²) in [4.78, 5) is 27.0. The van der Waals surface area contributed by atoms with Gasteiger partial charge in [-0.3, -0.25) is 19.8 Å². The normalized spacial score (nSPS) is 15.2. The predicted octanol–water partition coefficient (Wildman–Crippen LogP) is 3.21. The van der Waals surface area contributed by atoms with E-state index in [1.54, 1.807) is 4.90 Å². The lowest BCUT2D eigenvalue weighted by atomic mass is 10.1. The second-order valence-electron chi connectivity index (χ2n) is 5.98. The Balaban J connectivity index is 1.62. The molecule has 0 radical (unpaired) electrons. The van der Waals surface area contributed by atoms with Crippen LogP contribution in [0.4, 0.5) is 5.69 Å².